The number of amides is 2. The van der Waals surface area contributed by atoms with Crippen molar-refractivity contribution in [3.8, 4) is 0 Å². The van der Waals surface area contributed by atoms with E-state index < -0.39 is 5.60 Å². The summed E-state index contributed by atoms with van der Waals surface area (Å²) < 4.78 is 13.0. The van der Waals surface area contributed by atoms with Gasteiger partial charge in [-0.3, -0.25) is 0 Å². The van der Waals surface area contributed by atoms with Gasteiger partial charge in [0.15, 0.2) is 0 Å². The molecule has 0 spiro atoms. The van der Waals surface area contributed by atoms with Crippen LogP contribution >= 0.6 is 11.8 Å². The molecular formula is C16H23FN2O2S. The largest absolute Gasteiger partial charge is 0.387 e. The minimum Gasteiger partial charge on any atom is -0.387 e. The van der Waals surface area contributed by atoms with Crippen LogP contribution in [0.3, 0.4) is 0 Å². The summed E-state index contributed by atoms with van der Waals surface area (Å²) >= 11 is 1.53. The molecule has 0 radical (unpaired) electrons. The normalized spacial score (nSPS) is 18.4. The highest BCUT2D eigenvalue weighted by molar-refractivity contribution is 7.98. The molecule has 2 rings (SSSR count). The molecule has 1 unspecified atom stereocenters. The fraction of sp³-hybridized carbons (Fsp3) is 0.562. The fourth-order valence-corrected chi connectivity index (χ4v) is 3.19. The Hall–Kier alpha value is -1.27. The Morgan fingerprint density at radius 3 is 2.55 bits per heavy atom. The van der Waals surface area contributed by atoms with Gasteiger partial charge in [0.2, 0.25) is 0 Å². The SMILES string of the molecule is CSCC(C)(O)CNC(=O)NCC1(c2ccc(F)cc2)CC1. The molecule has 0 bridgehead atoms. The number of urea groups is 1. The lowest BCUT2D eigenvalue weighted by molar-refractivity contribution is 0.0869. The van der Waals surface area contributed by atoms with E-state index in [9.17, 15) is 14.3 Å². The second-order valence-corrected chi connectivity index (χ2v) is 7.12. The van der Waals surface area contributed by atoms with Gasteiger partial charge in [-0.15, -0.1) is 0 Å². The molecule has 122 valence electrons. The molecular weight excluding hydrogens is 303 g/mol. The summed E-state index contributed by atoms with van der Waals surface area (Å²) in [5, 5.41) is 15.6. The smallest absolute Gasteiger partial charge is 0.314 e. The average Bonchev–Trinajstić information content (AvgIpc) is 3.25. The zero-order valence-electron chi connectivity index (χ0n) is 13.0. The molecule has 22 heavy (non-hydrogen) atoms. The van der Waals surface area contributed by atoms with Gasteiger partial charge in [0, 0.05) is 24.3 Å². The Morgan fingerprint density at radius 2 is 2.00 bits per heavy atom. The van der Waals surface area contributed by atoms with E-state index >= 15 is 0 Å². The van der Waals surface area contributed by atoms with E-state index in [2.05, 4.69) is 10.6 Å². The Labute approximate surface area is 134 Å². The second-order valence-electron chi connectivity index (χ2n) is 6.25. The molecule has 0 aliphatic heterocycles. The Morgan fingerprint density at radius 1 is 1.36 bits per heavy atom. The van der Waals surface area contributed by atoms with E-state index in [0.717, 1.165) is 18.4 Å². The highest BCUT2D eigenvalue weighted by Gasteiger charge is 2.44. The predicted molar refractivity (Wildman–Crippen MR) is 87.7 cm³/mol. The molecule has 1 aromatic carbocycles. The maximum absolute atomic E-state index is 13.0. The molecule has 1 aliphatic carbocycles. The van der Waals surface area contributed by atoms with Crippen LogP contribution in [0.2, 0.25) is 0 Å². The summed E-state index contributed by atoms with van der Waals surface area (Å²) in [6.45, 7) is 2.43. The monoisotopic (exact) mass is 326 g/mol. The molecule has 0 saturated heterocycles. The Balaban J connectivity index is 1.80. The van der Waals surface area contributed by atoms with Crippen LogP contribution in [0, 0.1) is 5.82 Å². The number of thioether (sulfide) groups is 1. The zero-order chi connectivity index (χ0) is 16.2. The topological polar surface area (TPSA) is 61.4 Å². The first-order valence-electron chi connectivity index (χ1n) is 7.36. The van der Waals surface area contributed by atoms with E-state index in [1.165, 1.54) is 23.9 Å². The summed E-state index contributed by atoms with van der Waals surface area (Å²) in [4.78, 5) is 11.9. The minimum atomic E-state index is -0.912. The molecule has 0 aromatic heterocycles. The maximum atomic E-state index is 13.0. The second kappa shape index (κ2) is 6.87. The number of nitrogens with one attached hydrogen (secondary N) is 2. The lowest BCUT2D eigenvalue weighted by Gasteiger charge is -2.23. The summed E-state index contributed by atoms with van der Waals surface area (Å²) in [7, 11) is 0. The highest BCUT2D eigenvalue weighted by atomic mass is 32.2. The summed E-state index contributed by atoms with van der Waals surface area (Å²) in [5.41, 5.74) is 0.0845. The number of rotatable bonds is 7. The predicted octanol–water partition coefficient (Wildman–Crippen LogP) is 2.27. The lowest BCUT2D eigenvalue weighted by Crippen LogP contribution is -2.47. The van der Waals surface area contributed by atoms with Crippen molar-refractivity contribution in [1.29, 1.82) is 0 Å². The molecule has 1 saturated carbocycles. The van der Waals surface area contributed by atoms with Crippen LogP contribution in [0.5, 0.6) is 0 Å². The van der Waals surface area contributed by atoms with Crippen molar-refractivity contribution in [3.63, 3.8) is 0 Å². The number of hydrogen-bond acceptors (Lipinski definition) is 3. The quantitative estimate of drug-likeness (QED) is 0.720. The van der Waals surface area contributed by atoms with Crippen molar-refractivity contribution in [3.05, 3.63) is 35.6 Å². The van der Waals surface area contributed by atoms with Crippen molar-refractivity contribution in [2.75, 3.05) is 25.1 Å². The van der Waals surface area contributed by atoms with Crippen LogP contribution in [-0.2, 0) is 5.41 Å². The van der Waals surface area contributed by atoms with E-state index in [0.29, 0.717) is 12.3 Å². The first-order chi connectivity index (χ1) is 10.4. The highest BCUT2D eigenvalue weighted by Crippen LogP contribution is 2.47. The number of aliphatic hydroxyl groups is 1. The number of carbonyl (C=O) groups is 1. The van der Waals surface area contributed by atoms with E-state index in [4.69, 9.17) is 0 Å². The van der Waals surface area contributed by atoms with Gasteiger partial charge >= 0.3 is 6.03 Å². The molecule has 0 heterocycles. The summed E-state index contributed by atoms with van der Waals surface area (Å²) in [6.07, 6.45) is 3.89. The van der Waals surface area contributed by atoms with Gasteiger partial charge in [0.1, 0.15) is 5.82 Å². The molecule has 1 fully saturated rings. The van der Waals surface area contributed by atoms with Crippen molar-refractivity contribution < 1.29 is 14.3 Å². The maximum Gasteiger partial charge on any atom is 0.314 e. The molecule has 3 N–H and O–H groups in total. The third-order valence-corrected chi connectivity index (χ3v) is 4.89. The molecule has 6 heteroatoms. The average molecular weight is 326 g/mol. The molecule has 2 amide bonds. The van der Waals surface area contributed by atoms with Crippen molar-refractivity contribution in [1.82, 2.24) is 10.6 Å². The molecule has 1 atom stereocenters. The summed E-state index contributed by atoms with van der Waals surface area (Å²) in [5.74, 6) is 0.313. The number of hydrogen-bond donors (Lipinski definition) is 3. The first-order valence-corrected chi connectivity index (χ1v) is 8.75. The van der Waals surface area contributed by atoms with Crippen LogP contribution in [0.25, 0.3) is 0 Å². The third-order valence-electron chi connectivity index (χ3n) is 3.98. The van der Waals surface area contributed by atoms with Crippen molar-refractivity contribution >= 4 is 17.8 Å². The van der Waals surface area contributed by atoms with Gasteiger partial charge in [-0.25, -0.2) is 9.18 Å². The van der Waals surface area contributed by atoms with Crippen molar-refractivity contribution in [2.45, 2.75) is 30.8 Å². The van der Waals surface area contributed by atoms with Crippen LogP contribution in [0.1, 0.15) is 25.3 Å². The molecule has 4 nitrogen and oxygen atoms in total. The minimum absolute atomic E-state index is 0.0627. The zero-order valence-corrected chi connectivity index (χ0v) is 13.8. The lowest BCUT2D eigenvalue weighted by atomic mass is 9.96. The number of carbonyl (C=O) groups excluding carboxylic acids is 1. The van der Waals surface area contributed by atoms with E-state index in [-0.39, 0.29) is 23.8 Å². The van der Waals surface area contributed by atoms with Crippen LogP contribution in [0.4, 0.5) is 9.18 Å². The van der Waals surface area contributed by atoms with Crippen LogP contribution in [-0.4, -0.2) is 41.8 Å². The van der Waals surface area contributed by atoms with Crippen LogP contribution < -0.4 is 10.6 Å². The molecule has 1 aliphatic rings. The van der Waals surface area contributed by atoms with Gasteiger partial charge in [-0.1, -0.05) is 12.1 Å². The van der Waals surface area contributed by atoms with Crippen LogP contribution in [0.15, 0.2) is 24.3 Å². The fourth-order valence-electron chi connectivity index (χ4n) is 2.47. The first kappa shape index (κ1) is 17.1. The van der Waals surface area contributed by atoms with Gasteiger partial charge in [-0.05, 0) is 43.7 Å². The van der Waals surface area contributed by atoms with Gasteiger partial charge < -0.3 is 15.7 Å². The van der Waals surface area contributed by atoms with Gasteiger partial charge in [0.05, 0.1) is 5.60 Å². The van der Waals surface area contributed by atoms with E-state index in [1.807, 2.05) is 6.26 Å². The summed E-state index contributed by atoms with van der Waals surface area (Å²) in [6, 6.07) is 6.19. The van der Waals surface area contributed by atoms with E-state index in [1.54, 1.807) is 19.1 Å². The Kier molecular flexibility index (Phi) is 5.34. The molecule has 1 aromatic rings. The van der Waals surface area contributed by atoms with Gasteiger partial charge in [-0.2, -0.15) is 11.8 Å². The number of benzene rings is 1. The number of halogens is 1. The van der Waals surface area contributed by atoms with Gasteiger partial charge in [0.25, 0.3) is 0 Å². The Bertz CT molecular complexity index is 515. The third kappa shape index (κ3) is 4.61. The standard InChI is InChI=1S/C16H23FN2O2S/c1-15(21,11-22-2)9-18-14(20)19-10-16(7-8-16)12-3-5-13(17)6-4-12/h3-6,21H,7-11H2,1-2H3,(H2,18,19,20). The van der Waals surface area contributed by atoms with Crippen molar-refractivity contribution in [2.24, 2.45) is 0 Å².